The highest BCUT2D eigenvalue weighted by Crippen LogP contribution is 2.27. The van der Waals surface area contributed by atoms with Crippen molar-refractivity contribution in [1.82, 2.24) is 4.90 Å². The van der Waals surface area contributed by atoms with Gasteiger partial charge >= 0.3 is 0 Å². The molecule has 0 aliphatic carbocycles. The monoisotopic (exact) mass is 500 g/mol. The van der Waals surface area contributed by atoms with Crippen molar-refractivity contribution in [3.05, 3.63) is 58.1 Å². The molecule has 2 amide bonds. The molecule has 1 N–H and O–H groups in total. The maximum Gasteiger partial charge on any atom is 0.255 e. The quantitative estimate of drug-likeness (QED) is 0.398. The summed E-state index contributed by atoms with van der Waals surface area (Å²) in [5.74, 6) is 1.28. The Morgan fingerprint density at radius 1 is 1.03 bits per heavy atom. The van der Waals surface area contributed by atoms with E-state index in [1.54, 1.807) is 36.4 Å². The number of carbonyl (C=O) groups excluding carboxylic acids is 2. The molecule has 0 aromatic heterocycles. The van der Waals surface area contributed by atoms with Crippen LogP contribution in [0, 0.1) is 5.92 Å². The summed E-state index contributed by atoms with van der Waals surface area (Å²) < 4.78 is 6.57. The molecule has 2 aromatic rings. The molecule has 1 aliphatic heterocycles. The van der Waals surface area contributed by atoms with Crippen LogP contribution in [0.2, 0.25) is 0 Å². The normalized spacial score (nSPS) is 14.3. The Balaban J connectivity index is 1.54. The molecule has 6 heteroatoms. The first kappa shape index (κ1) is 24.3. The highest BCUT2D eigenvalue weighted by molar-refractivity contribution is 9.10. The summed E-state index contributed by atoms with van der Waals surface area (Å²) >= 11 is 3.50. The topological polar surface area (TPSA) is 58.6 Å². The molecule has 1 aliphatic rings. The molecule has 0 bridgehead atoms. The summed E-state index contributed by atoms with van der Waals surface area (Å²) in [6.07, 6.45) is 6.71. The maximum atomic E-state index is 12.7. The van der Waals surface area contributed by atoms with E-state index in [1.165, 1.54) is 12.8 Å². The molecule has 0 atom stereocenters. The number of likely N-dealkylation sites (tertiary alicyclic amines) is 1. The van der Waals surface area contributed by atoms with Crippen LogP contribution < -0.4 is 10.1 Å². The Kier molecular flexibility index (Phi) is 9.15. The van der Waals surface area contributed by atoms with Crippen LogP contribution >= 0.6 is 15.9 Å². The van der Waals surface area contributed by atoms with Gasteiger partial charge in [0, 0.05) is 29.9 Å². The standard InChI is InChI=1S/C26H33BrN2O3/c1-3-4-5-6-17-32-24-12-9-21(18-23(24)27)25(30)28-22-10-7-20(8-11-22)26(31)29-15-13-19(2)14-16-29/h7-12,18-19H,3-6,13-17H2,1-2H3,(H,28,30). The first-order valence-corrected chi connectivity index (χ1v) is 12.4. The number of hydrogen-bond acceptors (Lipinski definition) is 3. The molecule has 1 saturated heterocycles. The van der Waals surface area contributed by atoms with Gasteiger partial charge in [-0.3, -0.25) is 9.59 Å². The average Bonchev–Trinajstić information content (AvgIpc) is 2.80. The van der Waals surface area contributed by atoms with Crippen LogP contribution in [0.5, 0.6) is 5.75 Å². The number of piperidine rings is 1. The van der Waals surface area contributed by atoms with E-state index >= 15 is 0 Å². The third-order valence-electron chi connectivity index (χ3n) is 5.91. The molecule has 0 radical (unpaired) electrons. The van der Waals surface area contributed by atoms with Crippen molar-refractivity contribution >= 4 is 33.4 Å². The highest BCUT2D eigenvalue weighted by atomic mass is 79.9. The van der Waals surface area contributed by atoms with Crippen LogP contribution in [0.1, 0.15) is 73.1 Å². The molecule has 0 unspecified atom stereocenters. The van der Waals surface area contributed by atoms with Crippen molar-refractivity contribution in [3.8, 4) is 5.75 Å². The van der Waals surface area contributed by atoms with E-state index in [9.17, 15) is 9.59 Å². The number of benzene rings is 2. The second-order valence-electron chi connectivity index (χ2n) is 8.56. The van der Waals surface area contributed by atoms with E-state index in [4.69, 9.17) is 4.74 Å². The first-order chi connectivity index (χ1) is 15.5. The molecule has 2 aromatic carbocycles. The number of nitrogens with one attached hydrogen (secondary N) is 1. The van der Waals surface area contributed by atoms with Gasteiger partial charge in [0.05, 0.1) is 11.1 Å². The number of nitrogens with zero attached hydrogens (tertiary/aromatic N) is 1. The highest BCUT2D eigenvalue weighted by Gasteiger charge is 2.21. The number of ether oxygens (including phenoxy) is 1. The number of halogens is 1. The predicted octanol–water partition coefficient (Wildman–Crippen LogP) is 6.53. The van der Waals surface area contributed by atoms with Gasteiger partial charge in [0.15, 0.2) is 0 Å². The van der Waals surface area contributed by atoms with E-state index in [2.05, 4.69) is 35.1 Å². The summed E-state index contributed by atoms with van der Waals surface area (Å²) in [5.41, 5.74) is 1.85. The number of rotatable bonds is 9. The minimum Gasteiger partial charge on any atom is -0.492 e. The molecule has 5 nitrogen and oxygen atoms in total. The maximum absolute atomic E-state index is 12.7. The lowest BCUT2D eigenvalue weighted by molar-refractivity contribution is 0.0697. The Hall–Kier alpha value is -2.34. The largest absolute Gasteiger partial charge is 0.492 e. The van der Waals surface area contributed by atoms with Gasteiger partial charge in [-0.25, -0.2) is 0 Å². The van der Waals surface area contributed by atoms with Gasteiger partial charge in [-0.1, -0.05) is 33.1 Å². The van der Waals surface area contributed by atoms with E-state index < -0.39 is 0 Å². The fraction of sp³-hybridized carbons (Fsp3) is 0.462. The summed E-state index contributed by atoms with van der Waals surface area (Å²) in [6.45, 7) is 6.71. The number of hydrogen-bond donors (Lipinski definition) is 1. The second-order valence-corrected chi connectivity index (χ2v) is 9.41. The molecule has 172 valence electrons. The zero-order valence-electron chi connectivity index (χ0n) is 19.0. The minimum absolute atomic E-state index is 0.0592. The van der Waals surface area contributed by atoms with E-state index in [1.807, 2.05) is 11.0 Å². The fourth-order valence-corrected chi connectivity index (χ4v) is 4.26. The fourth-order valence-electron chi connectivity index (χ4n) is 3.76. The van der Waals surface area contributed by atoms with Crippen molar-refractivity contribution in [2.75, 3.05) is 25.0 Å². The van der Waals surface area contributed by atoms with Crippen LogP contribution in [0.3, 0.4) is 0 Å². The van der Waals surface area contributed by atoms with Crippen LogP contribution in [0.4, 0.5) is 5.69 Å². The van der Waals surface area contributed by atoms with Gasteiger partial charge in [0.2, 0.25) is 0 Å². The van der Waals surface area contributed by atoms with Crippen molar-refractivity contribution in [2.45, 2.75) is 52.4 Å². The van der Waals surface area contributed by atoms with Crippen LogP contribution in [0.25, 0.3) is 0 Å². The Morgan fingerprint density at radius 3 is 2.38 bits per heavy atom. The number of amides is 2. The zero-order chi connectivity index (χ0) is 22.9. The van der Waals surface area contributed by atoms with Crippen molar-refractivity contribution in [3.63, 3.8) is 0 Å². The van der Waals surface area contributed by atoms with Gasteiger partial charge in [-0.15, -0.1) is 0 Å². The number of anilines is 1. The average molecular weight is 501 g/mol. The summed E-state index contributed by atoms with van der Waals surface area (Å²) in [4.78, 5) is 27.3. The van der Waals surface area contributed by atoms with Gasteiger partial charge < -0.3 is 15.0 Å². The van der Waals surface area contributed by atoms with Gasteiger partial charge in [-0.2, -0.15) is 0 Å². The summed E-state index contributed by atoms with van der Waals surface area (Å²) in [6, 6.07) is 12.5. The molecule has 1 heterocycles. The molecule has 0 saturated carbocycles. The lowest BCUT2D eigenvalue weighted by Crippen LogP contribution is -2.37. The van der Waals surface area contributed by atoms with E-state index in [0.29, 0.717) is 29.3 Å². The van der Waals surface area contributed by atoms with Crippen molar-refractivity contribution in [2.24, 2.45) is 5.92 Å². The Bertz CT molecular complexity index is 906. The third-order valence-corrected chi connectivity index (χ3v) is 6.53. The SMILES string of the molecule is CCCCCCOc1ccc(C(=O)Nc2ccc(C(=O)N3CCC(C)CC3)cc2)cc1Br. The third kappa shape index (κ3) is 6.83. The van der Waals surface area contributed by atoms with Crippen LogP contribution in [0.15, 0.2) is 46.9 Å². The van der Waals surface area contributed by atoms with Gasteiger partial charge in [-0.05, 0) is 83.6 Å². The van der Waals surface area contributed by atoms with E-state index in [-0.39, 0.29) is 11.8 Å². The lowest BCUT2D eigenvalue weighted by Gasteiger charge is -2.30. The lowest BCUT2D eigenvalue weighted by atomic mass is 9.98. The molecular formula is C26H33BrN2O3. The molecule has 32 heavy (non-hydrogen) atoms. The summed E-state index contributed by atoms with van der Waals surface area (Å²) in [5, 5.41) is 2.90. The first-order valence-electron chi connectivity index (χ1n) is 11.6. The number of unbranched alkanes of at least 4 members (excludes halogenated alkanes) is 3. The zero-order valence-corrected chi connectivity index (χ0v) is 20.6. The van der Waals surface area contributed by atoms with Crippen molar-refractivity contribution < 1.29 is 14.3 Å². The smallest absolute Gasteiger partial charge is 0.255 e. The van der Waals surface area contributed by atoms with E-state index in [0.717, 1.165) is 49.0 Å². The number of carbonyl (C=O) groups is 2. The molecule has 3 rings (SSSR count). The molecule has 0 spiro atoms. The van der Waals surface area contributed by atoms with Crippen molar-refractivity contribution in [1.29, 1.82) is 0 Å². The molecule has 1 fully saturated rings. The van der Waals surface area contributed by atoms with Crippen LogP contribution in [-0.2, 0) is 0 Å². The summed E-state index contributed by atoms with van der Waals surface area (Å²) in [7, 11) is 0. The Labute approximate surface area is 199 Å². The van der Waals surface area contributed by atoms with Gasteiger partial charge in [0.25, 0.3) is 11.8 Å². The Morgan fingerprint density at radius 2 is 1.72 bits per heavy atom. The van der Waals surface area contributed by atoms with Gasteiger partial charge in [0.1, 0.15) is 5.75 Å². The second kappa shape index (κ2) is 12.0. The molecular weight excluding hydrogens is 468 g/mol. The minimum atomic E-state index is -0.204. The van der Waals surface area contributed by atoms with Crippen LogP contribution in [-0.4, -0.2) is 36.4 Å². The predicted molar refractivity (Wildman–Crippen MR) is 132 cm³/mol.